The zero-order valence-corrected chi connectivity index (χ0v) is 7.81. The van der Waals surface area contributed by atoms with E-state index in [-0.39, 0.29) is 0 Å². The van der Waals surface area contributed by atoms with E-state index < -0.39 is 0 Å². The number of thiol groups is 1. The molecule has 60 valence electrons. The van der Waals surface area contributed by atoms with Crippen molar-refractivity contribution in [2.75, 3.05) is 11.5 Å². The highest BCUT2D eigenvalue weighted by Gasteiger charge is 1.91. The fraction of sp³-hybridized carbons (Fsp3) is 0.429. The largest absolute Gasteiger partial charge is 0.245 e. The molecular weight excluding hydrogens is 176 g/mol. The molecule has 0 aliphatic carbocycles. The third-order valence-corrected chi connectivity index (χ3v) is 2.45. The second-order valence-corrected chi connectivity index (χ2v) is 3.54. The lowest BCUT2D eigenvalue weighted by Crippen LogP contribution is -1.84. The van der Waals surface area contributed by atoms with Gasteiger partial charge in [-0.3, -0.25) is 0 Å². The maximum Gasteiger partial charge on any atom is 0.116 e. The molecular formula is C7H10N2S2. The standard InChI is InChI=1S/C7H10N2S2/c10-4-1-5-11-7-2-3-8-6-9-7/h2-3,6,10H,1,4-5H2. The van der Waals surface area contributed by atoms with Crippen LogP contribution < -0.4 is 0 Å². The smallest absolute Gasteiger partial charge is 0.116 e. The Hall–Kier alpha value is -0.220. The molecule has 0 spiro atoms. The van der Waals surface area contributed by atoms with E-state index in [9.17, 15) is 0 Å². The van der Waals surface area contributed by atoms with Crippen molar-refractivity contribution in [2.45, 2.75) is 11.4 Å². The van der Waals surface area contributed by atoms with Crippen molar-refractivity contribution >= 4 is 24.4 Å². The molecule has 1 rings (SSSR count). The average Bonchev–Trinajstić information content (AvgIpc) is 2.07. The predicted molar refractivity (Wildman–Crippen MR) is 51.2 cm³/mol. The highest BCUT2D eigenvalue weighted by molar-refractivity contribution is 7.99. The maximum absolute atomic E-state index is 4.12. The van der Waals surface area contributed by atoms with Gasteiger partial charge >= 0.3 is 0 Å². The predicted octanol–water partition coefficient (Wildman–Crippen LogP) is 1.89. The van der Waals surface area contributed by atoms with Gasteiger partial charge in [0.05, 0.1) is 5.03 Å². The molecule has 1 aromatic rings. The van der Waals surface area contributed by atoms with Crippen molar-refractivity contribution in [1.82, 2.24) is 9.97 Å². The van der Waals surface area contributed by atoms with Gasteiger partial charge in [-0.2, -0.15) is 12.6 Å². The summed E-state index contributed by atoms with van der Waals surface area (Å²) in [4.78, 5) is 7.91. The van der Waals surface area contributed by atoms with Crippen LogP contribution in [0.3, 0.4) is 0 Å². The van der Waals surface area contributed by atoms with Crippen LogP contribution in [0, 0.1) is 0 Å². The Bertz CT molecular complexity index is 191. The van der Waals surface area contributed by atoms with Gasteiger partial charge in [0.15, 0.2) is 0 Å². The molecule has 4 heteroatoms. The summed E-state index contributed by atoms with van der Waals surface area (Å²) in [6.07, 6.45) is 4.46. The Morgan fingerprint density at radius 1 is 1.55 bits per heavy atom. The van der Waals surface area contributed by atoms with E-state index in [0.29, 0.717) is 0 Å². The van der Waals surface area contributed by atoms with Crippen LogP contribution >= 0.6 is 24.4 Å². The number of rotatable bonds is 4. The van der Waals surface area contributed by atoms with Crippen LogP contribution in [0.15, 0.2) is 23.6 Å². The van der Waals surface area contributed by atoms with Crippen molar-refractivity contribution in [1.29, 1.82) is 0 Å². The number of nitrogens with zero attached hydrogens (tertiary/aromatic N) is 2. The zero-order valence-electron chi connectivity index (χ0n) is 6.10. The molecule has 0 aliphatic heterocycles. The van der Waals surface area contributed by atoms with Gasteiger partial charge in [0, 0.05) is 11.9 Å². The van der Waals surface area contributed by atoms with Crippen molar-refractivity contribution in [2.24, 2.45) is 0 Å². The molecule has 2 nitrogen and oxygen atoms in total. The van der Waals surface area contributed by atoms with Gasteiger partial charge in [-0.15, -0.1) is 11.8 Å². The first kappa shape index (κ1) is 8.87. The van der Waals surface area contributed by atoms with Crippen LogP contribution in [0.1, 0.15) is 6.42 Å². The molecule has 0 radical (unpaired) electrons. The molecule has 0 aliphatic rings. The molecule has 0 saturated heterocycles. The quantitative estimate of drug-likeness (QED) is 0.336. The minimum Gasteiger partial charge on any atom is -0.245 e. The summed E-state index contributed by atoms with van der Waals surface area (Å²) in [7, 11) is 0. The van der Waals surface area contributed by atoms with Crippen molar-refractivity contribution in [3.05, 3.63) is 18.6 Å². The third kappa shape index (κ3) is 3.62. The van der Waals surface area contributed by atoms with E-state index in [2.05, 4.69) is 22.6 Å². The van der Waals surface area contributed by atoms with Gasteiger partial charge in [-0.05, 0) is 18.2 Å². The lowest BCUT2D eigenvalue weighted by atomic mass is 10.6. The molecule has 0 atom stereocenters. The van der Waals surface area contributed by atoms with Crippen LogP contribution in [0.5, 0.6) is 0 Å². The second kappa shape index (κ2) is 5.43. The summed E-state index contributed by atoms with van der Waals surface area (Å²) < 4.78 is 0. The Labute approximate surface area is 76.2 Å². The summed E-state index contributed by atoms with van der Waals surface area (Å²) in [6.45, 7) is 0. The highest BCUT2D eigenvalue weighted by Crippen LogP contribution is 2.13. The molecule has 0 unspecified atom stereocenters. The minimum atomic E-state index is 0.943. The van der Waals surface area contributed by atoms with Gasteiger partial charge in [-0.25, -0.2) is 9.97 Å². The second-order valence-electron chi connectivity index (χ2n) is 1.97. The van der Waals surface area contributed by atoms with E-state index in [4.69, 9.17) is 0 Å². The summed E-state index contributed by atoms with van der Waals surface area (Å²) >= 11 is 5.87. The molecule has 0 aromatic carbocycles. The Morgan fingerprint density at radius 3 is 3.09 bits per heavy atom. The molecule has 0 N–H and O–H groups in total. The number of aromatic nitrogens is 2. The van der Waals surface area contributed by atoms with Gasteiger partial charge in [0.2, 0.25) is 0 Å². The lowest BCUT2D eigenvalue weighted by Gasteiger charge is -1.96. The SMILES string of the molecule is SCCCSc1ccncn1. The number of hydrogen-bond acceptors (Lipinski definition) is 4. The van der Waals surface area contributed by atoms with E-state index in [1.54, 1.807) is 24.3 Å². The third-order valence-electron chi connectivity index (χ3n) is 1.11. The van der Waals surface area contributed by atoms with Crippen LogP contribution in [-0.2, 0) is 0 Å². The first-order chi connectivity index (χ1) is 5.43. The molecule has 0 amide bonds. The molecule has 1 aromatic heterocycles. The normalized spacial score (nSPS) is 9.91. The summed E-state index contributed by atoms with van der Waals surface area (Å²) in [6, 6.07) is 1.92. The van der Waals surface area contributed by atoms with E-state index in [1.165, 1.54) is 0 Å². The van der Waals surface area contributed by atoms with E-state index >= 15 is 0 Å². The Kier molecular flexibility index (Phi) is 4.38. The maximum atomic E-state index is 4.12. The molecule has 0 bridgehead atoms. The van der Waals surface area contributed by atoms with Gasteiger partial charge in [0.1, 0.15) is 6.33 Å². The lowest BCUT2D eigenvalue weighted by molar-refractivity contribution is 1.04. The molecule has 0 fully saturated rings. The fourth-order valence-corrected chi connectivity index (χ4v) is 1.75. The Morgan fingerprint density at radius 2 is 2.45 bits per heavy atom. The summed E-state index contributed by atoms with van der Waals surface area (Å²) in [5.41, 5.74) is 0. The fourth-order valence-electron chi connectivity index (χ4n) is 0.605. The van der Waals surface area contributed by atoms with Crippen LogP contribution in [0.25, 0.3) is 0 Å². The van der Waals surface area contributed by atoms with Gasteiger partial charge in [-0.1, -0.05) is 0 Å². The van der Waals surface area contributed by atoms with Crippen LogP contribution in [0.2, 0.25) is 0 Å². The van der Waals surface area contributed by atoms with Crippen LogP contribution in [-0.4, -0.2) is 21.5 Å². The van der Waals surface area contributed by atoms with Crippen molar-refractivity contribution in [3.8, 4) is 0 Å². The first-order valence-electron chi connectivity index (χ1n) is 3.43. The molecule has 1 heterocycles. The van der Waals surface area contributed by atoms with Gasteiger partial charge < -0.3 is 0 Å². The summed E-state index contributed by atoms with van der Waals surface area (Å²) in [5, 5.41) is 1.04. The van der Waals surface area contributed by atoms with Crippen LogP contribution in [0.4, 0.5) is 0 Å². The first-order valence-corrected chi connectivity index (χ1v) is 5.05. The highest BCUT2D eigenvalue weighted by atomic mass is 32.2. The Balaban J connectivity index is 2.28. The summed E-state index contributed by atoms with van der Waals surface area (Å²) in [5.74, 6) is 2.03. The zero-order chi connectivity index (χ0) is 7.94. The molecule has 0 saturated carbocycles. The van der Waals surface area contributed by atoms with E-state index in [1.807, 2.05) is 6.07 Å². The monoisotopic (exact) mass is 186 g/mol. The van der Waals surface area contributed by atoms with Crippen molar-refractivity contribution < 1.29 is 0 Å². The molecule has 11 heavy (non-hydrogen) atoms. The van der Waals surface area contributed by atoms with Gasteiger partial charge in [0.25, 0.3) is 0 Å². The van der Waals surface area contributed by atoms with E-state index in [0.717, 1.165) is 23.0 Å². The topological polar surface area (TPSA) is 25.8 Å². The number of hydrogen-bond donors (Lipinski definition) is 1. The minimum absolute atomic E-state index is 0.943. The number of thioether (sulfide) groups is 1. The average molecular weight is 186 g/mol. The van der Waals surface area contributed by atoms with Crippen molar-refractivity contribution in [3.63, 3.8) is 0 Å².